The monoisotopic (exact) mass is 352 g/mol. The van der Waals surface area contributed by atoms with E-state index in [1.165, 1.54) is 5.69 Å². The number of hydrogen-bond acceptors (Lipinski definition) is 5. The molecule has 0 unspecified atom stereocenters. The van der Waals surface area contributed by atoms with Crippen molar-refractivity contribution in [1.82, 2.24) is 5.43 Å². The third kappa shape index (κ3) is 4.61. The van der Waals surface area contributed by atoms with Gasteiger partial charge >= 0.3 is 0 Å². The summed E-state index contributed by atoms with van der Waals surface area (Å²) in [6, 6.07) is 15.5. The molecule has 1 N–H and O–H groups in total. The molecule has 6 nitrogen and oxygen atoms in total. The molecule has 1 fully saturated rings. The Morgan fingerprint density at radius 1 is 1.15 bits per heavy atom. The highest BCUT2D eigenvalue weighted by atomic mass is 16.5. The SMILES string of the molecule is CN(C)c1cccc(C(=O)N/N=C\c2ccc(N3CCOCC3)cc2)c1. The van der Waals surface area contributed by atoms with Crippen LogP contribution in [-0.2, 0) is 4.74 Å². The third-order valence-electron chi connectivity index (χ3n) is 4.27. The van der Waals surface area contributed by atoms with Crippen LogP contribution < -0.4 is 15.2 Å². The van der Waals surface area contributed by atoms with Crippen molar-refractivity contribution in [3.63, 3.8) is 0 Å². The molecule has 26 heavy (non-hydrogen) atoms. The molecular formula is C20H24N4O2. The first kappa shape index (κ1) is 17.9. The van der Waals surface area contributed by atoms with E-state index in [4.69, 9.17) is 4.74 Å². The van der Waals surface area contributed by atoms with E-state index in [0.717, 1.165) is 37.6 Å². The van der Waals surface area contributed by atoms with Gasteiger partial charge in [0.1, 0.15) is 0 Å². The van der Waals surface area contributed by atoms with E-state index < -0.39 is 0 Å². The molecule has 2 aromatic rings. The molecule has 1 aliphatic rings. The van der Waals surface area contributed by atoms with E-state index in [1.807, 2.05) is 49.3 Å². The van der Waals surface area contributed by atoms with Crippen molar-refractivity contribution in [2.45, 2.75) is 0 Å². The van der Waals surface area contributed by atoms with Crippen LogP contribution in [0.1, 0.15) is 15.9 Å². The first-order chi connectivity index (χ1) is 12.6. The molecule has 0 spiro atoms. The molecular weight excluding hydrogens is 328 g/mol. The summed E-state index contributed by atoms with van der Waals surface area (Å²) in [5.74, 6) is -0.227. The Balaban J connectivity index is 1.58. The zero-order valence-electron chi connectivity index (χ0n) is 15.2. The summed E-state index contributed by atoms with van der Waals surface area (Å²) in [6.45, 7) is 3.36. The average Bonchev–Trinajstić information content (AvgIpc) is 2.69. The summed E-state index contributed by atoms with van der Waals surface area (Å²) in [5, 5.41) is 4.06. The zero-order chi connectivity index (χ0) is 18.4. The van der Waals surface area contributed by atoms with E-state index >= 15 is 0 Å². The maximum atomic E-state index is 12.2. The third-order valence-corrected chi connectivity index (χ3v) is 4.27. The van der Waals surface area contributed by atoms with Crippen molar-refractivity contribution in [1.29, 1.82) is 0 Å². The number of nitrogens with zero attached hydrogens (tertiary/aromatic N) is 3. The van der Waals surface area contributed by atoms with Crippen molar-refractivity contribution in [3.05, 3.63) is 59.7 Å². The molecule has 0 saturated carbocycles. The number of rotatable bonds is 5. The summed E-state index contributed by atoms with van der Waals surface area (Å²) < 4.78 is 5.37. The second-order valence-corrected chi connectivity index (χ2v) is 6.33. The van der Waals surface area contributed by atoms with E-state index in [0.29, 0.717) is 5.56 Å². The highest BCUT2D eigenvalue weighted by Crippen LogP contribution is 2.16. The average molecular weight is 352 g/mol. The second kappa shape index (κ2) is 8.49. The van der Waals surface area contributed by atoms with Crippen LogP contribution in [-0.4, -0.2) is 52.5 Å². The molecule has 136 valence electrons. The summed E-state index contributed by atoms with van der Waals surface area (Å²) in [4.78, 5) is 16.5. The Kier molecular flexibility index (Phi) is 5.86. The van der Waals surface area contributed by atoms with E-state index in [9.17, 15) is 4.79 Å². The van der Waals surface area contributed by atoms with Gasteiger partial charge in [-0.15, -0.1) is 0 Å². The van der Waals surface area contributed by atoms with Gasteiger partial charge in [-0.3, -0.25) is 4.79 Å². The van der Waals surface area contributed by atoms with Crippen LogP contribution in [0.15, 0.2) is 53.6 Å². The Bertz CT molecular complexity index is 766. The lowest BCUT2D eigenvalue weighted by Gasteiger charge is -2.28. The number of anilines is 2. The second-order valence-electron chi connectivity index (χ2n) is 6.33. The molecule has 1 heterocycles. The number of hydrogen-bond donors (Lipinski definition) is 1. The van der Waals surface area contributed by atoms with Crippen molar-refractivity contribution >= 4 is 23.5 Å². The van der Waals surface area contributed by atoms with Crippen molar-refractivity contribution in [2.24, 2.45) is 5.10 Å². The fourth-order valence-electron chi connectivity index (χ4n) is 2.75. The molecule has 0 atom stereocenters. The van der Waals surface area contributed by atoms with Gasteiger partial charge in [-0.25, -0.2) is 5.43 Å². The maximum absolute atomic E-state index is 12.2. The highest BCUT2D eigenvalue weighted by molar-refractivity contribution is 5.95. The minimum atomic E-state index is -0.227. The lowest BCUT2D eigenvalue weighted by atomic mass is 10.2. The first-order valence-electron chi connectivity index (χ1n) is 8.67. The standard InChI is InChI=1S/C20H24N4O2/c1-23(2)19-5-3-4-17(14-19)20(25)22-21-15-16-6-8-18(9-7-16)24-10-12-26-13-11-24/h3-9,14-15H,10-13H2,1-2H3,(H,22,25)/b21-15-. The van der Waals surface area contributed by atoms with Crippen LogP contribution in [0.25, 0.3) is 0 Å². The molecule has 6 heteroatoms. The number of hydrazone groups is 1. The van der Waals surface area contributed by atoms with Crippen LogP contribution in [0.2, 0.25) is 0 Å². The van der Waals surface area contributed by atoms with Gasteiger partial charge in [0.25, 0.3) is 5.91 Å². The number of carbonyl (C=O) groups is 1. The molecule has 1 saturated heterocycles. The smallest absolute Gasteiger partial charge is 0.271 e. The quantitative estimate of drug-likeness (QED) is 0.663. The van der Waals surface area contributed by atoms with Crippen LogP contribution in [0.4, 0.5) is 11.4 Å². The Morgan fingerprint density at radius 2 is 1.88 bits per heavy atom. The topological polar surface area (TPSA) is 57.2 Å². The van der Waals surface area contributed by atoms with Crippen molar-refractivity contribution in [3.8, 4) is 0 Å². The first-order valence-corrected chi connectivity index (χ1v) is 8.67. The Hall–Kier alpha value is -2.86. The van der Waals surface area contributed by atoms with Crippen molar-refractivity contribution in [2.75, 3.05) is 50.2 Å². The molecule has 0 bridgehead atoms. The molecule has 1 amide bonds. The molecule has 2 aromatic carbocycles. The van der Waals surface area contributed by atoms with E-state index in [2.05, 4.69) is 27.6 Å². The molecule has 3 rings (SSSR count). The number of benzene rings is 2. The van der Waals surface area contributed by atoms with Crippen LogP contribution >= 0.6 is 0 Å². The predicted molar refractivity (Wildman–Crippen MR) is 105 cm³/mol. The van der Waals surface area contributed by atoms with Gasteiger partial charge < -0.3 is 14.5 Å². The number of morpholine rings is 1. The fraction of sp³-hybridized carbons (Fsp3) is 0.300. The summed E-state index contributed by atoms with van der Waals surface area (Å²) in [6.07, 6.45) is 1.65. The van der Waals surface area contributed by atoms with Gasteiger partial charge in [0.2, 0.25) is 0 Å². The highest BCUT2D eigenvalue weighted by Gasteiger charge is 2.10. The van der Waals surface area contributed by atoms with Gasteiger partial charge in [0, 0.05) is 44.1 Å². The summed E-state index contributed by atoms with van der Waals surface area (Å²) in [5.41, 5.74) is 6.24. The van der Waals surface area contributed by atoms with Gasteiger partial charge in [-0.05, 0) is 35.9 Å². The summed E-state index contributed by atoms with van der Waals surface area (Å²) in [7, 11) is 3.88. The van der Waals surface area contributed by atoms with Crippen LogP contribution in [0.3, 0.4) is 0 Å². The Morgan fingerprint density at radius 3 is 2.58 bits per heavy atom. The minimum absolute atomic E-state index is 0.227. The number of amides is 1. The molecule has 0 aromatic heterocycles. The van der Waals surface area contributed by atoms with Crippen LogP contribution in [0.5, 0.6) is 0 Å². The molecule has 1 aliphatic heterocycles. The van der Waals surface area contributed by atoms with Gasteiger partial charge in [0.05, 0.1) is 19.4 Å². The number of nitrogens with one attached hydrogen (secondary N) is 1. The van der Waals surface area contributed by atoms with Crippen molar-refractivity contribution < 1.29 is 9.53 Å². The van der Waals surface area contributed by atoms with Gasteiger partial charge in [-0.1, -0.05) is 18.2 Å². The van der Waals surface area contributed by atoms with Crippen LogP contribution in [0, 0.1) is 0 Å². The summed E-state index contributed by atoms with van der Waals surface area (Å²) >= 11 is 0. The largest absolute Gasteiger partial charge is 0.378 e. The van der Waals surface area contributed by atoms with E-state index in [-0.39, 0.29) is 5.91 Å². The van der Waals surface area contributed by atoms with Gasteiger partial charge in [-0.2, -0.15) is 5.10 Å². The normalized spacial score (nSPS) is 14.5. The minimum Gasteiger partial charge on any atom is -0.378 e. The molecule has 0 aliphatic carbocycles. The number of ether oxygens (including phenoxy) is 1. The Labute approximate surface area is 154 Å². The predicted octanol–water partition coefficient (Wildman–Crippen LogP) is 2.35. The molecule has 0 radical (unpaired) electrons. The lowest BCUT2D eigenvalue weighted by molar-refractivity contribution is 0.0955. The fourth-order valence-corrected chi connectivity index (χ4v) is 2.75. The van der Waals surface area contributed by atoms with Gasteiger partial charge in [0.15, 0.2) is 0 Å². The zero-order valence-corrected chi connectivity index (χ0v) is 15.2. The van der Waals surface area contributed by atoms with E-state index in [1.54, 1.807) is 12.3 Å². The lowest BCUT2D eigenvalue weighted by Crippen LogP contribution is -2.36. The number of carbonyl (C=O) groups excluding carboxylic acids is 1. The maximum Gasteiger partial charge on any atom is 0.271 e.